The fourth-order valence-electron chi connectivity index (χ4n) is 2.26. The Morgan fingerprint density at radius 2 is 1.89 bits per heavy atom. The topological polar surface area (TPSA) is 20.3 Å². The minimum absolute atomic E-state index is 0.733. The third-order valence-electron chi connectivity index (χ3n) is 3.10. The summed E-state index contributed by atoms with van der Waals surface area (Å²) in [6.07, 6.45) is 0.900. The van der Waals surface area contributed by atoms with Crippen LogP contribution < -0.4 is 4.90 Å². The number of hydrogen-bond donors (Lipinski definition) is 0. The average molecular weight is 255 g/mol. The summed E-state index contributed by atoms with van der Waals surface area (Å²) >= 11 is 1.73. The maximum atomic E-state index is 10.9. The summed E-state index contributed by atoms with van der Waals surface area (Å²) in [6.45, 7) is 3.06. The molecule has 3 heteroatoms. The lowest BCUT2D eigenvalue weighted by atomic mass is 10.2. The van der Waals surface area contributed by atoms with E-state index in [4.69, 9.17) is 0 Å². The second kappa shape index (κ2) is 4.50. The number of benzene rings is 2. The molecular formula is C15H13NOS. The molecule has 0 fully saturated rings. The molecule has 2 aromatic carbocycles. The number of fused-ring (bicyclic) bond motifs is 2. The summed E-state index contributed by atoms with van der Waals surface area (Å²) in [5, 5.41) is 0. The molecule has 0 unspecified atom stereocenters. The van der Waals surface area contributed by atoms with Gasteiger partial charge in [-0.25, -0.2) is 0 Å². The number of aldehydes is 1. The predicted octanol–water partition coefficient (Wildman–Crippen LogP) is 4.12. The van der Waals surface area contributed by atoms with Crippen LogP contribution in [-0.4, -0.2) is 12.8 Å². The van der Waals surface area contributed by atoms with E-state index < -0.39 is 0 Å². The van der Waals surface area contributed by atoms with Gasteiger partial charge in [0, 0.05) is 21.9 Å². The molecule has 0 saturated carbocycles. The fourth-order valence-corrected chi connectivity index (χ4v) is 3.41. The monoisotopic (exact) mass is 255 g/mol. The Morgan fingerprint density at radius 1 is 1.11 bits per heavy atom. The van der Waals surface area contributed by atoms with Gasteiger partial charge < -0.3 is 4.90 Å². The van der Waals surface area contributed by atoms with E-state index in [9.17, 15) is 4.79 Å². The highest BCUT2D eigenvalue weighted by molar-refractivity contribution is 7.99. The first kappa shape index (κ1) is 11.4. The van der Waals surface area contributed by atoms with Crippen LogP contribution in [0.1, 0.15) is 17.3 Å². The van der Waals surface area contributed by atoms with Gasteiger partial charge in [0.1, 0.15) is 6.29 Å². The summed E-state index contributed by atoms with van der Waals surface area (Å²) < 4.78 is 0. The molecule has 1 aliphatic rings. The Bertz CT molecular complexity index is 609. The molecule has 0 aromatic heterocycles. The molecule has 90 valence electrons. The number of para-hydroxylation sites is 1. The minimum atomic E-state index is 0.733. The first-order chi connectivity index (χ1) is 8.83. The predicted molar refractivity (Wildman–Crippen MR) is 75.1 cm³/mol. The van der Waals surface area contributed by atoms with Crippen molar-refractivity contribution in [3.05, 3.63) is 48.0 Å². The van der Waals surface area contributed by atoms with Crippen molar-refractivity contribution in [3.63, 3.8) is 0 Å². The number of carbonyl (C=O) groups is 1. The lowest BCUT2D eigenvalue weighted by Crippen LogP contribution is -2.19. The van der Waals surface area contributed by atoms with Crippen molar-refractivity contribution in [2.24, 2.45) is 0 Å². The molecule has 18 heavy (non-hydrogen) atoms. The van der Waals surface area contributed by atoms with Crippen molar-refractivity contribution in [1.29, 1.82) is 0 Å². The van der Waals surface area contributed by atoms with Crippen molar-refractivity contribution in [2.45, 2.75) is 16.7 Å². The Hall–Kier alpha value is -1.74. The van der Waals surface area contributed by atoms with E-state index in [1.807, 2.05) is 24.3 Å². The van der Waals surface area contributed by atoms with Crippen LogP contribution in [0.3, 0.4) is 0 Å². The summed E-state index contributed by atoms with van der Waals surface area (Å²) in [5.41, 5.74) is 3.17. The van der Waals surface area contributed by atoms with Crippen LogP contribution in [0.5, 0.6) is 0 Å². The van der Waals surface area contributed by atoms with Gasteiger partial charge in [0.15, 0.2) is 0 Å². The summed E-state index contributed by atoms with van der Waals surface area (Å²) in [5.74, 6) is 0. The van der Waals surface area contributed by atoms with E-state index in [2.05, 4.69) is 30.0 Å². The van der Waals surface area contributed by atoms with Crippen molar-refractivity contribution < 1.29 is 4.79 Å². The van der Waals surface area contributed by atoms with Crippen LogP contribution in [0.4, 0.5) is 11.4 Å². The number of hydrogen-bond acceptors (Lipinski definition) is 3. The van der Waals surface area contributed by atoms with Crippen molar-refractivity contribution in [1.82, 2.24) is 0 Å². The number of anilines is 2. The van der Waals surface area contributed by atoms with E-state index in [-0.39, 0.29) is 0 Å². The second-order valence-electron chi connectivity index (χ2n) is 4.16. The van der Waals surface area contributed by atoms with Crippen LogP contribution in [0.15, 0.2) is 52.3 Å². The van der Waals surface area contributed by atoms with Gasteiger partial charge in [-0.1, -0.05) is 23.9 Å². The Morgan fingerprint density at radius 3 is 2.67 bits per heavy atom. The number of rotatable bonds is 2. The third kappa shape index (κ3) is 1.71. The Labute approximate surface area is 111 Å². The molecule has 0 bridgehead atoms. The molecule has 0 saturated heterocycles. The van der Waals surface area contributed by atoms with Gasteiger partial charge in [0.2, 0.25) is 0 Å². The van der Waals surface area contributed by atoms with E-state index in [1.54, 1.807) is 11.8 Å². The van der Waals surface area contributed by atoms with E-state index in [0.29, 0.717) is 0 Å². The van der Waals surface area contributed by atoms with Gasteiger partial charge in [0.25, 0.3) is 0 Å². The first-order valence-corrected chi connectivity index (χ1v) is 6.79. The van der Waals surface area contributed by atoms with Crippen molar-refractivity contribution in [3.8, 4) is 0 Å². The molecule has 0 spiro atoms. The van der Waals surface area contributed by atoms with Gasteiger partial charge in [0.05, 0.1) is 11.4 Å². The van der Waals surface area contributed by atoms with Gasteiger partial charge in [-0.3, -0.25) is 4.79 Å². The van der Waals surface area contributed by atoms with Gasteiger partial charge in [-0.2, -0.15) is 0 Å². The zero-order valence-electron chi connectivity index (χ0n) is 10.1. The zero-order chi connectivity index (χ0) is 12.5. The normalized spacial score (nSPS) is 12.8. The lowest BCUT2D eigenvalue weighted by molar-refractivity contribution is 0.112. The van der Waals surface area contributed by atoms with Crippen LogP contribution in [-0.2, 0) is 0 Å². The van der Waals surface area contributed by atoms with E-state index in [0.717, 1.165) is 23.3 Å². The quantitative estimate of drug-likeness (QED) is 0.753. The van der Waals surface area contributed by atoms with Gasteiger partial charge in [-0.05, 0) is 37.3 Å². The SMILES string of the molecule is CCN1c2ccccc2Sc2cc(C=O)ccc21. The minimum Gasteiger partial charge on any atom is -0.340 e. The maximum absolute atomic E-state index is 10.9. The standard InChI is InChI=1S/C15H13NOS/c1-2-16-12-5-3-4-6-14(12)18-15-9-11(10-17)7-8-13(15)16/h3-10H,2H2,1H3. The molecule has 0 amide bonds. The molecule has 1 aliphatic heterocycles. The van der Waals surface area contributed by atoms with Crippen LogP contribution in [0.2, 0.25) is 0 Å². The lowest BCUT2D eigenvalue weighted by Gasteiger charge is -2.31. The number of nitrogens with zero attached hydrogens (tertiary/aromatic N) is 1. The van der Waals surface area contributed by atoms with Crippen LogP contribution >= 0.6 is 11.8 Å². The molecule has 2 aromatic rings. The zero-order valence-corrected chi connectivity index (χ0v) is 10.9. The molecule has 0 radical (unpaired) electrons. The highest BCUT2D eigenvalue weighted by Crippen LogP contribution is 2.47. The van der Waals surface area contributed by atoms with E-state index in [1.165, 1.54) is 16.3 Å². The second-order valence-corrected chi connectivity index (χ2v) is 5.24. The van der Waals surface area contributed by atoms with Crippen molar-refractivity contribution in [2.75, 3.05) is 11.4 Å². The molecule has 1 heterocycles. The Kier molecular flexibility index (Phi) is 2.84. The van der Waals surface area contributed by atoms with Gasteiger partial charge >= 0.3 is 0 Å². The molecule has 0 atom stereocenters. The fraction of sp³-hybridized carbons (Fsp3) is 0.133. The maximum Gasteiger partial charge on any atom is 0.150 e. The van der Waals surface area contributed by atoms with Crippen molar-refractivity contribution >= 4 is 29.4 Å². The third-order valence-corrected chi connectivity index (χ3v) is 4.21. The highest BCUT2D eigenvalue weighted by Gasteiger charge is 2.21. The molecular weight excluding hydrogens is 242 g/mol. The Balaban J connectivity index is 2.16. The largest absolute Gasteiger partial charge is 0.340 e. The summed E-state index contributed by atoms with van der Waals surface area (Å²) in [4.78, 5) is 15.6. The molecule has 0 aliphatic carbocycles. The average Bonchev–Trinajstić information content (AvgIpc) is 2.44. The number of carbonyl (C=O) groups excluding carboxylic acids is 1. The summed E-state index contributed by atoms with van der Waals surface area (Å²) in [7, 11) is 0. The highest BCUT2D eigenvalue weighted by atomic mass is 32.2. The van der Waals surface area contributed by atoms with E-state index >= 15 is 0 Å². The molecule has 3 rings (SSSR count). The first-order valence-electron chi connectivity index (χ1n) is 5.97. The molecule has 0 N–H and O–H groups in total. The van der Waals surface area contributed by atoms with Crippen LogP contribution in [0.25, 0.3) is 0 Å². The summed E-state index contributed by atoms with van der Waals surface area (Å²) in [6, 6.07) is 14.3. The van der Waals surface area contributed by atoms with Gasteiger partial charge in [-0.15, -0.1) is 0 Å². The smallest absolute Gasteiger partial charge is 0.150 e. The molecule has 2 nitrogen and oxygen atoms in total. The van der Waals surface area contributed by atoms with Crippen LogP contribution in [0, 0.1) is 0 Å².